The maximum absolute atomic E-state index is 14.7. The predicted octanol–water partition coefficient (Wildman–Crippen LogP) is 4.22. The van der Waals surface area contributed by atoms with Crippen molar-refractivity contribution in [3.05, 3.63) is 51.8 Å². The fourth-order valence-corrected chi connectivity index (χ4v) is 4.27. The number of pyridine rings is 1. The Morgan fingerprint density at radius 3 is 2.62 bits per heavy atom. The molecule has 3 N–H and O–H groups in total. The molecule has 0 aliphatic heterocycles. The van der Waals surface area contributed by atoms with E-state index in [0.29, 0.717) is 22.0 Å². The van der Waals surface area contributed by atoms with Crippen LogP contribution in [0.5, 0.6) is 0 Å². The molecule has 0 bridgehead atoms. The predicted molar refractivity (Wildman–Crippen MR) is 124 cm³/mol. The average molecular weight is 468 g/mol. The number of carboxylic acid groups (broad SMARTS) is 1. The minimum absolute atomic E-state index is 0.00484. The van der Waals surface area contributed by atoms with Gasteiger partial charge in [0.15, 0.2) is 11.1 Å². The van der Waals surface area contributed by atoms with Crippen molar-refractivity contribution in [1.82, 2.24) is 9.55 Å². The van der Waals surface area contributed by atoms with Gasteiger partial charge in [0.25, 0.3) is 11.6 Å². The number of halogens is 2. The zero-order valence-electron chi connectivity index (χ0n) is 18.7. The van der Waals surface area contributed by atoms with Gasteiger partial charge in [-0.3, -0.25) is 4.79 Å². The van der Waals surface area contributed by atoms with Crippen LogP contribution in [0.25, 0.3) is 33.1 Å². The van der Waals surface area contributed by atoms with Gasteiger partial charge in [0.1, 0.15) is 17.7 Å². The first-order chi connectivity index (χ1) is 16.1. The number of nitrogen functional groups attached to an aromatic ring is 1. The number of hydrogen-bond acceptors (Lipinski definition) is 6. The molecule has 0 spiro atoms. The van der Waals surface area contributed by atoms with Crippen molar-refractivity contribution < 1.29 is 23.1 Å². The van der Waals surface area contributed by atoms with E-state index >= 15 is 0 Å². The van der Waals surface area contributed by atoms with Crippen LogP contribution in [0.1, 0.15) is 31.4 Å². The summed E-state index contributed by atoms with van der Waals surface area (Å²) >= 11 is 0. The van der Waals surface area contributed by atoms with Crippen LogP contribution in [0.3, 0.4) is 0 Å². The van der Waals surface area contributed by atoms with Crippen LogP contribution in [0, 0.1) is 18.6 Å². The third kappa shape index (κ3) is 3.20. The summed E-state index contributed by atoms with van der Waals surface area (Å²) in [6, 6.07) is 4.34. The van der Waals surface area contributed by atoms with Crippen LogP contribution in [0.15, 0.2) is 33.5 Å². The highest BCUT2D eigenvalue weighted by Gasteiger charge is 2.31. The molecular formula is C24H22F2N4O4. The molecule has 1 saturated carbocycles. The summed E-state index contributed by atoms with van der Waals surface area (Å²) in [5.41, 5.74) is 6.73. The molecule has 2 heterocycles. The number of aryl methyl sites for hydroxylation is 1. The molecule has 0 saturated heterocycles. The van der Waals surface area contributed by atoms with Gasteiger partial charge in [-0.25, -0.2) is 13.6 Å². The first kappa shape index (κ1) is 21.9. The van der Waals surface area contributed by atoms with Crippen LogP contribution >= 0.6 is 0 Å². The second-order valence-corrected chi connectivity index (χ2v) is 8.69. The Bertz CT molecular complexity index is 1550. The van der Waals surface area contributed by atoms with Crippen LogP contribution in [-0.4, -0.2) is 33.7 Å². The highest BCUT2D eigenvalue weighted by molar-refractivity contribution is 6.04. The molecule has 176 valence electrons. The second kappa shape index (κ2) is 7.54. The van der Waals surface area contributed by atoms with E-state index in [1.54, 1.807) is 23.6 Å². The Hall–Kier alpha value is -3.95. The third-order valence-corrected chi connectivity index (χ3v) is 6.48. The van der Waals surface area contributed by atoms with Crippen LogP contribution in [-0.2, 0) is 4.79 Å². The van der Waals surface area contributed by atoms with Crippen LogP contribution < -0.4 is 16.2 Å². The standard InChI is InChI=1S/C24H22F2N4O4/c1-10-13(15-8-17(26)18(27)9-16(15)25)6-7-14-20(10)30(12-4-5-12)22(31)19-21(14)34-24(28-19)29(3)11(2)23(32)33/h6-9,11-12H,4-5,27H2,1-3H3,(H,32,33)/t11-/m0/s1. The zero-order chi connectivity index (χ0) is 24.5. The molecule has 0 amide bonds. The number of anilines is 2. The number of likely N-dealkylation sites (N-methyl/N-ethyl adjacent to an activating group) is 1. The molecule has 10 heteroatoms. The molecular weight excluding hydrogens is 446 g/mol. The van der Waals surface area contributed by atoms with E-state index in [1.807, 2.05) is 0 Å². The van der Waals surface area contributed by atoms with E-state index in [4.69, 9.17) is 10.2 Å². The van der Waals surface area contributed by atoms with Crippen molar-refractivity contribution in [1.29, 1.82) is 0 Å². The van der Waals surface area contributed by atoms with Crippen molar-refractivity contribution in [2.75, 3.05) is 17.7 Å². The van der Waals surface area contributed by atoms with Gasteiger partial charge < -0.3 is 24.7 Å². The topological polar surface area (TPSA) is 115 Å². The van der Waals surface area contributed by atoms with Gasteiger partial charge in [-0.15, -0.1) is 0 Å². The number of nitrogens with two attached hydrogens (primary N) is 1. The number of aliphatic carboxylic acids is 1. The van der Waals surface area contributed by atoms with Gasteiger partial charge in [0.2, 0.25) is 0 Å². The number of fused-ring (bicyclic) bond motifs is 3. The number of carboxylic acids is 1. The highest BCUT2D eigenvalue weighted by atomic mass is 19.1. The number of oxazole rings is 1. The quantitative estimate of drug-likeness (QED) is 0.422. The van der Waals surface area contributed by atoms with Crippen molar-refractivity contribution in [2.45, 2.75) is 38.8 Å². The summed E-state index contributed by atoms with van der Waals surface area (Å²) in [6.45, 7) is 3.22. The van der Waals surface area contributed by atoms with E-state index in [2.05, 4.69) is 4.98 Å². The van der Waals surface area contributed by atoms with Gasteiger partial charge in [-0.1, -0.05) is 6.07 Å². The Kier molecular flexibility index (Phi) is 4.85. The fourth-order valence-electron chi connectivity index (χ4n) is 4.27. The lowest BCUT2D eigenvalue weighted by Crippen LogP contribution is -2.36. The molecule has 0 radical (unpaired) electrons. The van der Waals surface area contributed by atoms with Gasteiger partial charge in [0.05, 0.1) is 11.2 Å². The fraction of sp³-hybridized carbons (Fsp3) is 0.292. The molecule has 1 fully saturated rings. The molecule has 2 aromatic carbocycles. The molecule has 4 aromatic rings. The molecule has 1 aliphatic rings. The first-order valence-electron chi connectivity index (χ1n) is 10.8. The SMILES string of the molecule is Cc1c(-c2cc(F)c(N)cc2F)ccc2c3oc(N(C)[C@@H](C)C(=O)O)nc3c(=O)n(C3CC3)c12. The number of nitrogens with zero attached hydrogens (tertiary/aromatic N) is 3. The number of aromatic nitrogens is 2. The van der Waals surface area contributed by atoms with Crippen LogP contribution in [0.4, 0.5) is 20.5 Å². The van der Waals surface area contributed by atoms with E-state index < -0.39 is 23.6 Å². The summed E-state index contributed by atoms with van der Waals surface area (Å²) in [6.07, 6.45) is 1.60. The maximum Gasteiger partial charge on any atom is 0.326 e. The lowest BCUT2D eigenvalue weighted by molar-refractivity contribution is -0.138. The number of rotatable bonds is 5. The second-order valence-electron chi connectivity index (χ2n) is 8.69. The normalized spacial score (nSPS) is 14.6. The maximum atomic E-state index is 14.7. The monoisotopic (exact) mass is 468 g/mol. The Labute approximate surface area is 192 Å². The molecule has 34 heavy (non-hydrogen) atoms. The lowest BCUT2D eigenvalue weighted by atomic mass is 9.96. The molecule has 0 unspecified atom stereocenters. The minimum atomic E-state index is -1.07. The minimum Gasteiger partial charge on any atom is -0.480 e. The van der Waals surface area contributed by atoms with Crippen molar-refractivity contribution in [3.63, 3.8) is 0 Å². The van der Waals surface area contributed by atoms with E-state index in [9.17, 15) is 23.5 Å². The van der Waals surface area contributed by atoms with Gasteiger partial charge in [-0.2, -0.15) is 4.98 Å². The van der Waals surface area contributed by atoms with E-state index in [0.717, 1.165) is 25.0 Å². The van der Waals surface area contributed by atoms with Crippen molar-refractivity contribution in [3.8, 4) is 11.1 Å². The first-order valence-corrected chi connectivity index (χ1v) is 10.8. The summed E-state index contributed by atoms with van der Waals surface area (Å²) in [5, 5.41) is 9.91. The molecule has 5 rings (SSSR count). The molecule has 1 aliphatic carbocycles. The highest BCUT2D eigenvalue weighted by Crippen LogP contribution is 2.41. The Morgan fingerprint density at radius 1 is 1.26 bits per heavy atom. The third-order valence-electron chi connectivity index (χ3n) is 6.48. The zero-order valence-corrected chi connectivity index (χ0v) is 18.7. The van der Waals surface area contributed by atoms with Gasteiger partial charge in [0, 0.05) is 30.1 Å². The van der Waals surface area contributed by atoms with Gasteiger partial charge >= 0.3 is 5.97 Å². The number of carbonyl (C=O) groups is 1. The van der Waals surface area contributed by atoms with Crippen molar-refractivity contribution in [2.24, 2.45) is 0 Å². The summed E-state index contributed by atoms with van der Waals surface area (Å²) in [5.74, 6) is -2.47. The summed E-state index contributed by atoms with van der Waals surface area (Å²) in [7, 11) is 1.52. The smallest absolute Gasteiger partial charge is 0.326 e. The Balaban J connectivity index is 1.82. The molecule has 1 atom stereocenters. The van der Waals surface area contributed by atoms with E-state index in [1.165, 1.54) is 18.9 Å². The van der Waals surface area contributed by atoms with E-state index in [-0.39, 0.29) is 40.0 Å². The summed E-state index contributed by atoms with van der Waals surface area (Å²) < 4.78 is 36.4. The van der Waals surface area contributed by atoms with Crippen LogP contribution in [0.2, 0.25) is 0 Å². The molecule has 8 nitrogen and oxygen atoms in total. The number of benzene rings is 2. The molecule has 2 aromatic heterocycles. The number of hydrogen-bond donors (Lipinski definition) is 2. The Morgan fingerprint density at radius 2 is 1.97 bits per heavy atom. The van der Waals surface area contributed by atoms with Crippen molar-refractivity contribution >= 4 is 39.7 Å². The average Bonchev–Trinajstić information content (AvgIpc) is 3.52. The largest absolute Gasteiger partial charge is 0.480 e. The summed E-state index contributed by atoms with van der Waals surface area (Å²) in [4.78, 5) is 30.5. The van der Waals surface area contributed by atoms with Gasteiger partial charge in [-0.05, 0) is 49.9 Å². The lowest BCUT2D eigenvalue weighted by Gasteiger charge is -2.18.